The normalized spacial score (nSPS) is 20.4. The summed E-state index contributed by atoms with van der Waals surface area (Å²) in [6.07, 6.45) is 2.41. The van der Waals surface area contributed by atoms with Gasteiger partial charge in [0.05, 0.1) is 24.4 Å². The van der Waals surface area contributed by atoms with Crippen molar-refractivity contribution in [3.05, 3.63) is 17.8 Å². The summed E-state index contributed by atoms with van der Waals surface area (Å²) < 4.78 is 5.21. The molecule has 1 aromatic heterocycles. The largest absolute Gasteiger partial charge is 0.379 e. The highest BCUT2D eigenvalue weighted by atomic mass is 16.5. The molecule has 1 N–H and O–H groups in total. The number of nitrogens with one attached hydrogen (secondary N) is 1. The van der Waals surface area contributed by atoms with Crippen LogP contribution in [-0.4, -0.2) is 29.5 Å². The fourth-order valence-electron chi connectivity index (χ4n) is 1.36. The SMILES string of the molecule is N#Cc1cnnc(NC2CCOC2)c1. The van der Waals surface area contributed by atoms with Crippen molar-refractivity contribution in [1.82, 2.24) is 10.2 Å². The average molecular weight is 190 g/mol. The maximum Gasteiger partial charge on any atom is 0.150 e. The van der Waals surface area contributed by atoms with Crippen LogP contribution in [0.2, 0.25) is 0 Å². The maximum absolute atomic E-state index is 8.65. The highest BCUT2D eigenvalue weighted by Gasteiger charge is 2.15. The van der Waals surface area contributed by atoms with Gasteiger partial charge in [0.2, 0.25) is 0 Å². The van der Waals surface area contributed by atoms with Crippen molar-refractivity contribution >= 4 is 5.82 Å². The Bertz CT molecular complexity index is 354. The lowest BCUT2D eigenvalue weighted by atomic mass is 10.2. The first-order chi connectivity index (χ1) is 6.88. The number of ether oxygens (including phenoxy) is 1. The van der Waals surface area contributed by atoms with Crippen molar-refractivity contribution in [2.24, 2.45) is 0 Å². The molecule has 0 radical (unpaired) electrons. The van der Waals surface area contributed by atoms with Crippen LogP contribution < -0.4 is 5.32 Å². The number of anilines is 1. The van der Waals surface area contributed by atoms with Crippen molar-refractivity contribution in [2.45, 2.75) is 12.5 Å². The Morgan fingerprint density at radius 1 is 1.64 bits per heavy atom. The number of nitriles is 1. The molecule has 1 fully saturated rings. The van der Waals surface area contributed by atoms with Gasteiger partial charge < -0.3 is 10.1 Å². The van der Waals surface area contributed by atoms with Gasteiger partial charge in [0, 0.05) is 12.7 Å². The topological polar surface area (TPSA) is 70.8 Å². The number of hydrogen-bond acceptors (Lipinski definition) is 5. The first kappa shape index (κ1) is 8.91. The molecule has 1 unspecified atom stereocenters. The van der Waals surface area contributed by atoms with Gasteiger partial charge in [-0.3, -0.25) is 0 Å². The van der Waals surface area contributed by atoms with E-state index in [2.05, 4.69) is 15.5 Å². The molecule has 0 bridgehead atoms. The third kappa shape index (κ3) is 1.98. The van der Waals surface area contributed by atoms with E-state index >= 15 is 0 Å². The van der Waals surface area contributed by atoms with Crippen LogP contribution >= 0.6 is 0 Å². The minimum Gasteiger partial charge on any atom is -0.379 e. The average Bonchev–Trinajstić information content (AvgIpc) is 2.71. The smallest absolute Gasteiger partial charge is 0.150 e. The number of aromatic nitrogens is 2. The maximum atomic E-state index is 8.65. The van der Waals surface area contributed by atoms with E-state index in [0.717, 1.165) is 13.0 Å². The molecule has 14 heavy (non-hydrogen) atoms. The molecule has 5 nitrogen and oxygen atoms in total. The first-order valence-corrected chi connectivity index (χ1v) is 4.45. The minimum atomic E-state index is 0.290. The molecule has 1 aliphatic rings. The summed E-state index contributed by atoms with van der Waals surface area (Å²) in [6, 6.07) is 3.99. The molecular weight excluding hydrogens is 180 g/mol. The molecule has 1 aromatic rings. The molecule has 0 spiro atoms. The second kappa shape index (κ2) is 4.03. The van der Waals surface area contributed by atoms with Gasteiger partial charge in [0.25, 0.3) is 0 Å². The zero-order valence-corrected chi connectivity index (χ0v) is 7.60. The van der Waals surface area contributed by atoms with Crippen LogP contribution in [0.4, 0.5) is 5.82 Å². The second-order valence-electron chi connectivity index (χ2n) is 3.15. The van der Waals surface area contributed by atoms with Gasteiger partial charge in [-0.25, -0.2) is 0 Å². The van der Waals surface area contributed by atoms with Gasteiger partial charge in [-0.05, 0) is 6.42 Å². The van der Waals surface area contributed by atoms with E-state index in [1.54, 1.807) is 6.07 Å². The minimum absolute atomic E-state index is 0.290. The fourth-order valence-corrected chi connectivity index (χ4v) is 1.36. The van der Waals surface area contributed by atoms with Crippen molar-refractivity contribution in [3.8, 4) is 6.07 Å². The Balaban J connectivity index is 2.05. The molecule has 1 aliphatic heterocycles. The highest BCUT2D eigenvalue weighted by Crippen LogP contribution is 2.11. The number of hydrogen-bond donors (Lipinski definition) is 1. The molecule has 0 aliphatic carbocycles. The fraction of sp³-hybridized carbons (Fsp3) is 0.444. The molecule has 1 saturated heterocycles. The summed E-state index contributed by atoms with van der Waals surface area (Å²) in [5, 5.41) is 19.4. The quantitative estimate of drug-likeness (QED) is 0.737. The molecule has 0 amide bonds. The Labute approximate surface area is 81.7 Å². The lowest BCUT2D eigenvalue weighted by molar-refractivity contribution is 0.195. The Morgan fingerprint density at radius 3 is 3.29 bits per heavy atom. The zero-order valence-electron chi connectivity index (χ0n) is 7.60. The zero-order chi connectivity index (χ0) is 9.80. The van der Waals surface area contributed by atoms with E-state index in [4.69, 9.17) is 10.00 Å². The second-order valence-corrected chi connectivity index (χ2v) is 3.15. The molecular formula is C9H10N4O. The molecule has 72 valence electrons. The van der Waals surface area contributed by atoms with Gasteiger partial charge in [0.15, 0.2) is 0 Å². The summed E-state index contributed by atoms with van der Waals surface area (Å²) in [4.78, 5) is 0. The van der Waals surface area contributed by atoms with Crippen LogP contribution in [-0.2, 0) is 4.74 Å². The van der Waals surface area contributed by atoms with Crippen LogP contribution in [0.3, 0.4) is 0 Å². The monoisotopic (exact) mass is 190 g/mol. The van der Waals surface area contributed by atoms with E-state index in [1.807, 2.05) is 6.07 Å². The van der Waals surface area contributed by atoms with Gasteiger partial charge in [-0.15, -0.1) is 5.10 Å². The van der Waals surface area contributed by atoms with Crippen molar-refractivity contribution in [2.75, 3.05) is 18.5 Å². The first-order valence-electron chi connectivity index (χ1n) is 4.45. The predicted molar refractivity (Wildman–Crippen MR) is 49.6 cm³/mol. The number of nitrogens with zero attached hydrogens (tertiary/aromatic N) is 3. The van der Waals surface area contributed by atoms with Crippen molar-refractivity contribution in [1.29, 1.82) is 5.26 Å². The summed E-state index contributed by atoms with van der Waals surface area (Å²) in [5.41, 5.74) is 0.515. The van der Waals surface area contributed by atoms with Gasteiger partial charge >= 0.3 is 0 Å². The van der Waals surface area contributed by atoms with Crippen LogP contribution in [0.1, 0.15) is 12.0 Å². The third-order valence-electron chi connectivity index (χ3n) is 2.07. The van der Waals surface area contributed by atoms with Crippen LogP contribution in [0, 0.1) is 11.3 Å². The number of rotatable bonds is 2. The van der Waals surface area contributed by atoms with E-state index < -0.39 is 0 Å². The molecule has 2 heterocycles. The molecule has 5 heteroatoms. The lowest BCUT2D eigenvalue weighted by Gasteiger charge is -2.09. The van der Waals surface area contributed by atoms with Crippen LogP contribution in [0.5, 0.6) is 0 Å². The van der Waals surface area contributed by atoms with Gasteiger partial charge in [0.1, 0.15) is 11.9 Å². The Hall–Kier alpha value is -1.67. The van der Waals surface area contributed by atoms with E-state index in [-0.39, 0.29) is 0 Å². The van der Waals surface area contributed by atoms with Gasteiger partial charge in [-0.2, -0.15) is 10.4 Å². The van der Waals surface area contributed by atoms with E-state index in [0.29, 0.717) is 24.0 Å². The predicted octanol–water partition coefficient (Wildman–Crippen LogP) is 0.549. The van der Waals surface area contributed by atoms with Crippen molar-refractivity contribution in [3.63, 3.8) is 0 Å². The highest BCUT2D eigenvalue weighted by molar-refractivity contribution is 5.41. The van der Waals surface area contributed by atoms with E-state index in [9.17, 15) is 0 Å². The van der Waals surface area contributed by atoms with E-state index in [1.165, 1.54) is 6.20 Å². The standard InChI is InChI=1S/C9H10N4O/c10-4-7-3-9(13-11-5-7)12-8-1-2-14-6-8/h3,5,8H,1-2,6H2,(H,12,13). The Kier molecular flexibility index (Phi) is 2.56. The van der Waals surface area contributed by atoms with Crippen molar-refractivity contribution < 1.29 is 4.74 Å². The van der Waals surface area contributed by atoms with Crippen LogP contribution in [0.15, 0.2) is 12.3 Å². The Morgan fingerprint density at radius 2 is 2.57 bits per heavy atom. The summed E-state index contributed by atoms with van der Waals surface area (Å²) in [7, 11) is 0. The summed E-state index contributed by atoms with van der Waals surface area (Å²) in [6.45, 7) is 1.47. The molecule has 0 aromatic carbocycles. The molecule has 1 atom stereocenters. The van der Waals surface area contributed by atoms with Gasteiger partial charge in [-0.1, -0.05) is 0 Å². The third-order valence-corrected chi connectivity index (χ3v) is 2.07. The molecule has 2 rings (SSSR count). The summed E-state index contributed by atoms with van der Waals surface area (Å²) in [5.74, 6) is 0.638. The molecule has 0 saturated carbocycles. The lowest BCUT2D eigenvalue weighted by Crippen LogP contribution is -2.19. The summed E-state index contributed by atoms with van der Waals surface area (Å²) >= 11 is 0. The van der Waals surface area contributed by atoms with Crippen LogP contribution in [0.25, 0.3) is 0 Å².